The molecular weight excluding hydrogens is 432 g/mol. The smallest absolute Gasteiger partial charge is 0.267 e. The maximum Gasteiger partial charge on any atom is 0.267 e. The predicted octanol–water partition coefficient (Wildman–Crippen LogP) is 4.68. The van der Waals surface area contributed by atoms with E-state index in [0.717, 1.165) is 11.1 Å². The highest BCUT2D eigenvalue weighted by Gasteiger charge is 2.15. The zero-order valence-electron chi connectivity index (χ0n) is 16.7. The molecule has 0 amide bonds. The van der Waals surface area contributed by atoms with Gasteiger partial charge < -0.3 is 0 Å². The zero-order valence-corrected chi connectivity index (χ0v) is 18.3. The van der Waals surface area contributed by atoms with Crippen molar-refractivity contribution in [2.45, 2.75) is 11.4 Å². The number of halogens is 1. The number of hydrogen-bond donors (Lipinski definition) is 0. The quantitative estimate of drug-likeness (QED) is 0.442. The molecule has 0 aliphatic carbocycles. The Morgan fingerprint density at radius 1 is 0.871 bits per heavy atom. The second kappa shape index (κ2) is 8.49. The van der Waals surface area contributed by atoms with Gasteiger partial charge >= 0.3 is 0 Å². The molecule has 4 aromatic rings. The summed E-state index contributed by atoms with van der Waals surface area (Å²) in [6.07, 6.45) is 1.17. The molecule has 0 aliphatic heterocycles. The van der Waals surface area contributed by atoms with Crippen LogP contribution in [-0.4, -0.2) is 24.5 Å². The summed E-state index contributed by atoms with van der Waals surface area (Å²) in [4.78, 5) is 13.1. The number of sulfone groups is 1. The maximum atomic E-state index is 12.8. The molecule has 0 saturated heterocycles. The van der Waals surface area contributed by atoms with E-state index in [4.69, 9.17) is 11.6 Å². The van der Waals surface area contributed by atoms with Gasteiger partial charge in [0.05, 0.1) is 17.1 Å². The minimum absolute atomic E-state index is 0.224. The zero-order chi connectivity index (χ0) is 22.0. The van der Waals surface area contributed by atoms with Crippen LogP contribution in [0.3, 0.4) is 0 Å². The van der Waals surface area contributed by atoms with E-state index in [1.165, 1.54) is 10.9 Å². The van der Waals surface area contributed by atoms with Crippen LogP contribution in [0.5, 0.6) is 0 Å². The first-order chi connectivity index (χ1) is 14.8. The van der Waals surface area contributed by atoms with E-state index in [2.05, 4.69) is 5.10 Å². The third-order valence-corrected chi connectivity index (χ3v) is 6.26. The lowest BCUT2D eigenvalue weighted by Gasteiger charge is -2.13. The summed E-state index contributed by atoms with van der Waals surface area (Å²) in [6.45, 7) is 0.328. The molecule has 156 valence electrons. The molecule has 0 bridgehead atoms. The van der Waals surface area contributed by atoms with Crippen molar-refractivity contribution in [2.24, 2.45) is 0 Å². The third kappa shape index (κ3) is 4.76. The lowest BCUT2D eigenvalue weighted by Crippen LogP contribution is -2.23. The minimum Gasteiger partial charge on any atom is -0.268 e. The van der Waals surface area contributed by atoms with Gasteiger partial charge in [-0.2, -0.15) is 5.10 Å². The Kier molecular flexibility index (Phi) is 5.76. The molecule has 0 fully saturated rings. The monoisotopic (exact) mass is 450 g/mol. The van der Waals surface area contributed by atoms with Gasteiger partial charge in [-0.3, -0.25) is 4.79 Å². The standard InChI is InChI=1S/C24H19ClN2O3S/c1-31(29,30)21-13-9-19(10-14-21)24-22(18-7-11-20(25)12-8-18)15-23(28)27(26-24)16-17-5-3-2-4-6-17/h2-15H,16H2,1H3. The SMILES string of the molecule is CS(=O)(=O)c1ccc(-c2nn(Cc3ccccc3)c(=O)cc2-c2ccc(Cl)cc2)cc1. The molecule has 3 aromatic carbocycles. The Balaban J connectivity index is 1.87. The van der Waals surface area contributed by atoms with Crippen molar-refractivity contribution in [3.8, 4) is 22.4 Å². The van der Waals surface area contributed by atoms with Crippen molar-refractivity contribution in [3.05, 3.63) is 106 Å². The molecule has 0 aliphatic rings. The van der Waals surface area contributed by atoms with Gasteiger partial charge in [-0.25, -0.2) is 13.1 Å². The molecule has 0 radical (unpaired) electrons. The Morgan fingerprint density at radius 2 is 1.48 bits per heavy atom. The Bertz CT molecular complexity index is 1380. The van der Waals surface area contributed by atoms with Crippen LogP contribution in [0.25, 0.3) is 22.4 Å². The van der Waals surface area contributed by atoms with E-state index < -0.39 is 9.84 Å². The molecule has 7 heteroatoms. The maximum absolute atomic E-state index is 12.8. The summed E-state index contributed by atoms with van der Waals surface area (Å²) >= 11 is 6.02. The summed E-state index contributed by atoms with van der Waals surface area (Å²) in [5.74, 6) is 0. The Hall–Kier alpha value is -3.22. The number of aromatic nitrogens is 2. The fourth-order valence-corrected chi connectivity index (χ4v) is 4.04. The van der Waals surface area contributed by atoms with Crippen LogP contribution in [0, 0.1) is 0 Å². The summed E-state index contributed by atoms with van der Waals surface area (Å²) in [5, 5.41) is 5.24. The van der Waals surface area contributed by atoms with Crippen molar-refractivity contribution in [1.29, 1.82) is 0 Å². The molecule has 0 N–H and O–H groups in total. The number of nitrogens with zero attached hydrogens (tertiary/aromatic N) is 2. The van der Waals surface area contributed by atoms with Crippen molar-refractivity contribution < 1.29 is 8.42 Å². The molecule has 5 nitrogen and oxygen atoms in total. The summed E-state index contributed by atoms with van der Waals surface area (Å²) in [5.41, 5.74) is 3.46. The first-order valence-electron chi connectivity index (χ1n) is 9.54. The first kappa shape index (κ1) is 21.0. The highest BCUT2D eigenvalue weighted by atomic mass is 35.5. The lowest BCUT2D eigenvalue weighted by atomic mass is 10.00. The van der Waals surface area contributed by atoms with Gasteiger partial charge in [0.15, 0.2) is 9.84 Å². The molecule has 0 unspecified atom stereocenters. The van der Waals surface area contributed by atoms with Crippen molar-refractivity contribution in [2.75, 3.05) is 6.26 Å². The topological polar surface area (TPSA) is 69.0 Å². The molecule has 31 heavy (non-hydrogen) atoms. The minimum atomic E-state index is -3.31. The summed E-state index contributed by atoms with van der Waals surface area (Å²) in [7, 11) is -3.31. The van der Waals surface area contributed by atoms with Crippen molar-refractivity contribution in [3.63, 3.8) is 0 Å². The molecular formula is C24H19ClN2O3S. The third-order valence-electron chi connectivity index (χ3n) is 4.88. The number of benzene rings is 3. The van der Waals surface area contributed by atoms with Crippen LogP contribution < -0.4 is 5.56 Å². The largest absolute Gasteiger partial charge is 0.268 e. The Labute approximate surface area is 185 Å². The van der Waals surface area contributed by atoms with E-state index in [1.54, 1.807) is 42.5 Å². The highest BCUT2D eigenvalue weighted by Crippen LogP contribution is 2.30. The van der Waals surface area contributed by atoms with Gasteiger partial charge in [-0.15, -0.1) is 0 Å². The van der Waals surface area contributed by atoms with E-state index in [-0.39, 0.29) is 10.5 Å². The van der Waals surface area contributed by atoms with Crippen molar-refractivity contribution in [1.82, 2.24) is 9.78 Å². The van der Waals surface area contributed by atoms with Gasteiger partial charge in [-0.05, 0) is 35.4 Å². The van der Waals surface area contributed by atoms with Crippen LogP contribution in [0.4, 0.5) is 0 Å². The lowest BCUT2D eigenvalue weighted by molar-refractivity contribution is 0.602. The summed E-state index contributed by atoms with van der Waals surface area (Å²) < 4.78 is 25.1. The molecule has 0 saturated carbocycles. The van der Waals surface area contributed by atoms with Crippen LogP contribution in [0.15, 0.2) is 94.6 Å². The van der Waals surface area contributed by atoms with Gasteiger partial charge in [-0.1, -0.05) is 66.2 Å². The highest BCUT2D eigenvalue weighted by molar-refractivity contribution is 7.90. The van der Waals surface area contributed by atoms with Crippen molar-refractivity contribution >= 4 is 21.4 Å². The van der Waals surface area contributed by atoms with Crippen LogP contribution >= 0.6 is 11.6 Å². The number of rotatable bonds is 5. The average Bonchev–Trinajstić information content (AvgIpc) is 2.76. The van der Waals surface area contributed by atoms with Crippen LogP contribution in [0.2, 0.25) is 5.02 Å². The first-order valence-corrected chi connectivity index (χ1v) is 11.8. The molecule has 1 heterocycles. The van der Waals surface area contributed by atoms with Gasteiger partial charge in [0.1, 0.15) is 0 Å². The van der Waals surface area contributed by atoms with E-state index >= 15 is 0 Å². The second-order valence-corrected chi connectivity index (χ2v) is 9.64. The molecule has 1 aromatic heterocycles. The predicted molar refractivity (Wildman–Crippen MR) is 123 cm³/mol. The fourth-order valence-electron chi connectivity index (χ4n) is 3.28. The molecule has 0 spiro atoms. The van der Waals surface area contributed by atoms with Crippen LogP contribution in [-0.2, 0) is 16.4 Å². The normalized spacial score (nSPS) is 11.4. The molecule has 4 rings (SSSR count). The van der Waals surface area contributed by atoms with Crippen LogP contribution in [0.1, 0.15) is 5.56 Å². The fraction of sp³-hybridized carbons (Fsp3) is 0.0833. The van der Waals surface area contributed by atoms with E-state index in [0.29, 0.717) is 28.4 Å². The number of hydrogen-bond acceptors (Lipinski definition) is 4. The van der Waals surface area contributed by atoms with Gasteiger partial charge in [0, 0.05) is 28.5 Å². The van der Waals surface area contributed by atoms with E-state index in [1.807, 2.05) is 42.5 Å². The van der Waals surface area contributed by atoms with E-state index in [9.17, 15) is 13.2 Å². The Morgan fingerprint density at radius 3 is 2.10 bits per heavy atom. The van der Waals surface area contributed by atoms with Gasteiger partial charge in [0.25, 0.3) is 5.56 Å². The van der Waals surface area contributed by atoms with Gasteiger partial charge in [0.2, 0.25) is 0 Å². The molecule has 0 atom stereocenters. The summed E-state index contributed by atoms with van der Waals surface area (Å²) in [6, 6.07) is 24.8. The average molecular weight is 451 g/mol. The second-order valence-electron chi connectivity index (χ2n) is 7.19.